The summed E-state index contributed by atoms with van der Waals surface area (Å²) in [5.41, 5.74) is 4.51. The highest BCUT2D eigenvalue weighted by atomic mass is 15.1. The average molecular weight is 244 g/mol. The van der Waals surface area contributed by atoms with Gasteiger partial charge in [0.25, 0.3) is 0 Å². The molecule has 2 unspecified atom stereocenters. The second kappa shape index (κ2) is 5.02. The number of hydrogen-bond acceptors (Lipinski definition) is 2. The van der Waals surface area contributed by atoms with Crippen LogP contribution in [0, 0.1) is 11.8 Å². The Morgan fingerprint density at radius 1 is 1.33 bits per heavy atom. The normalized spacial score (nSPS) is 26.2. The number of nitrogens with one attached hydrogen (secondary N) is 1. The fourth-order valence-corrected chi connectivity index (χ4v) is 3.06. The molecular weight excluding hydrogens is 220 g/mol. The second-order valence-electron chi connectivity index (χ2n) is 6.20. The zero-order chi connectivity index (χ0) is 12.5. The van der Waals surface area contributed by atoms with Crippen molar-refractivity contribution in [1.29, 1.82) is 0 Å². The Kier molecular flexibility index (Phi) is 3.40. The van der Waals surface area contributed by atoms with Crippen LogP contribution in [0.15, 0.2) is 18.2 Å². The highest BCUT2D eigenvalue weighted by Crippen LogP contribution is 2.38. The van der Waals surface area contributed by atoms with Crippen molar-refractivity contribution in [2.75, 3.05) is 20.1 Å². The van der Waals surface area contributed by atoms with E-state index in [2.05, 4.69) is 42.4 Å². The van der Waals surface area contributed by atoms with E-state index in [1.807, 2.05) is 0 Å². The van der Waals surface area contributed by atoms with Crippen LogP contribution in [0.4, 0.5) is 0 Å². The Morgan fingerprint density at radius 3 is 2.94 bits per heavy atom. The van der Waals surface area contributed by atoms with E-state index in [-0.39, 0.29) is 0 Å². The first-order valence-corrected chi connectivity index (χ1v) is 7.22. The van der Waals surface area contributed by atoms with E-state index >= 15 is 0 Å². The summed E-state index contributed by atoms with van der Waals surface area (Å²) in [6.07, 6.45) is 2.61. The molecule has 1 N–H and O–H groups in total. The Bertz CT molecular complexity index is 427. The van der Waals surface area contributed by atoms with Gasteiger partial charge in [-0.3, -0.25) is 0 Å². The van der Waals surface area contributed by atoms with Gasteiger partial charge in [-0.25, -0.2) is 0 Å². The molecule has 18 heavy (non-hydrogen) atoms. The molecule has 2 atom stereocenters. The van der Waals surface area contributed by atoms with Crippen molar-refractivity contribution in [1.82, 2.24) is 10.2 Å². The highest BCUT2D eigenvalue weighted by molar-refractivity contribution is 5.33. The zero-order valence-electron chi connectivity index (χ0n) is 11.6. The summed E-state index contributed by atoms with van der Waals surface area (Å²) in [6.45, 7) is 6.90. The minimum atomic E-state index is 0.953. The molecule has 1 heterocycles. The van der Waals surface area contributed by atoms with E-state index in [1.54, 1.807) is 0 Å². The zero-order valence-corrected chi connectivity index (χ0v) is 11.6. The predicted octanol–water partition coefficient (Wildman–Crippen LogP) is 2.42. The van der Waals surface area contributed by atoms with E-state index in [9.17, 15) is 0 Å². The molecule has 1 aliphatic carbocycles. The molecule has 0 aromatic heterocycles. The Balaban J connectivity index is 1.61. The minimum absolute atomic E-state index is 0.953. The van der Waals surface area contributed by atoms with Crippen LogP contribution < -0.4 is 5.32 Å². The molecule has 0 radical (unpaired) electrons. The Labute approximate surface area is 110 Å². The van der Waals surface area contributed by atoms with Crippen LogP contribution in [0.25, 0.3) is 0 Å². The lowest BCUT2D eigenvalue weighted by molar-refractivity contribution is 0.307. The van der Waals surface area contributed by atoms with Gasteiger partial charge in [0.2, 0.25) is 0 Å². The molecule has 0 bridgehead atoms. The first kappa shape index (κ1) is 12.2. The number of rotatable bonds is 4. The number of benzene rings is 1. The van der Waals surface area contributed by atoms with E-state index in [1.165, 1.54) is 36.1 Å². The molecule has 1 aromatic rings. The first-order valence-electron chi connectivity index (χ1n) is 7.22. The number of fused-ring (bicyclic) bond motifs is 1. The summed E-state index contributed by atoms with van der Waals surface area (Å²) in [4.78, 5) is 2.48. The molecule has 1 aliphatic heterocycles. The van der Waals surface area contributed by atoms with Crippen LogP contribution in [0.3, 0.4) is 0 Å². The lowest BCUT2D eigenvalue weighted by Gasteiger charge is -2.20. The monoisotopic (exact) mass is 244 g/mol. The molecular formula is C16H24N2. The van der Waals surface area contributed by atoms with Gasteiger partial charge in [0, 0.05) is 19.6 Å². The van der Waals surface area contributed by atoms with Crippen molar-refractivity contribution in [2.45, 2.75) is 32.9 Å². The van der Waals surface area contributed by atoms with Crippen LogP contribution in [0.2, 0.25) is 0 Å². The summed E-state index contributed by atoms with van der Waals surface area (Å²) in [5, 5.41) is 3.46. The summed E-state index contributed by atoms with van der Waals surface area (Å²) < 4.78 is 0. The van der Waals surface area contributed by atoms with Crippen molar-refractivity contribution in [3.05, 3.63) is 34.9 Å². The molecule has 1 saturated carbocycles. The quantitative estimate of drug-likeness (QED) is 0.875. The fourth-order valence-electron chi connectivity index (χ4n) is 3.06. The summed E-state index contributed by atoms with van der Waals surface area (Å²) in [7, 11) is 2.25. The van der Waals surface area contributed by atoms with Crippen LogP contribution in [0.1, 0.15) is 30.0 Å². The predicted molar refractivity (Wildman–Crippen MR) is 75.5 cm³/mol. The van der Waals surface area contributed by atoms with Gasteiger partial charge in [-0.05, 0) is 55.0 Å². The highest BCUT2D eigenvalue weighted by Gasteiger charge is 2.32. The molecule has 0 spiro atoms. The number of hydrogen-bond donors (Lipinski definition) is 1. The van der Waals surface area contributed by atoms with Crippen LogP contribution >= 0.6 is 0 Å². The average Bonchev–Trinajstić information content (AvgIpc) is 3.04. The van der Waals surface area contributed by atoms with Gasteiger partial charge in [-0.15, -0.1) is 0 Å². The summed E-state index contributed by atoms with van der Waals surface area (Å²) in [5.74, 6) is 1.91. The third kappa shape index (κ3) is 2.76. The maximum Gasteiger partial charge on any atom is 0.0230 e. The maximum atomic E-state index is 3.46. The third-order valence-electron chi connectivity index (χ3n) is 4.43. The molecule has 0 amide bonds. The van der Waals surface area contributed by atoms with Gasteiger partial charge in [0.1, 0.15) is 0 Å². The van der Waals surface area contributed by atoms with Gasteiger partial charge in [0.15, 0.2) is 0 Å². The molecule has 3 rings (SSSR count). The fraction of sp³-hybridized carbons (Fsp3) is 0.625. The topological polar surface area (TPSA) is 15.3 Å². The third-order valence-corrected chi connectivity index (χ3v) is 4.43. The standard InChI is InChI=1S/C16H24N2/c1-12-7-16(12)11-18(2)10-13-3-4-14-5-6-17-9-15(14)8-13/h3-4,8,12,16-17H,5-7,9-11H2,1-2H3. The molecule has 1 fully saturated rings. The van der Waals surface area contributed by atoms with Crippen molar-refractivity contribution in [3.63, 3.8) is 0 Å². The molecule has 2 heteroatoms. The smallest absolute Gasteiger partial charge is 0.0230 e. The Morgan fingerprint density at radius 2 is 2.17 bits per heavy atom. The molecule has 2 nitrogen and oxygen atoms in total. The lowest BCUT2D eigenvalue weighted by atomic mass is 9.98. The van der Waals surface area contributed by atoms with E-state index in [0.717, 1.165) is 31.5 Å². The van der Waals surface area contributed by atoms with Gasteiger partial charge in [-0.2, -0.15) is 0 Å². The molecule has 98 valence electrons. The molecule has 0 saturated heterocycles. The molecule has 1 aromatic carbocycles. The summed E-state index contributed by atoms with van der Waals surface area (Å²) in [6, 6.07) is 7.05. The lowest BCUT2D eigenvalue weighted by Crippen LogP contribution is -2.24. The first-order chi connectivity index (χ1) is 8.72. The van der Waals surface area contributed by atoms with Crippen molar-refractivity contribution in [2.24, 2.45) is 11.8 Å². The van der Waals surface area contributed by atoms with Crippen molar-refractivity contribution < 1.29 is 0 Å². The molecule has 2 aliphatic rings. The van der Waals surface area contributed by atoms with Crippen LogP contribution in [-0.4, -0.2) is 25.0 Å². The van der Waals surface area contributed by atoms with Crippen molar-refractivity contribution >= 4 is 0 Å². The largest absolute Gasteiger partial charge is 0.312 e. The Hall–Kier alpha value is -0.860. The number of nitrogens with zero attached hydrogens (tertiary/aromatic N) is 1. The van der Waals surface area contributed by atoms with Gasteiger partial charge >= 0.3 is 0 Å². The van der Waals surface area contributed by atoms with Gasteiger partial charge in [-0.1, -0.05) is 25.1 Å². The van der Waals surface area contributed by atoms with E-state index < -0.39 is 0 Å². The second-order valence-corrected chi connectivity index (χ2v) is 6.20. The van der Waals surface area contributed by atoms with Gasteiger partial charge < -0.3 is 10.2 Å². The van der Waals surface area contributed by atoms with Gasteiger partial charge in [0.05, 0.1) is 0 Å². The van der Waals surface area contributed by atoms with Crippen molar-refractivity contribution in [3.8, 4) is 0 Å². The summed E-state index contributed by atoms with van der Waals surface area (Å²) >= 11 is 0. The maximum absolute atomic E-state index is 3.46. The van der Waals surface area contributed by atoms with Crippen LogP contribution in [0.5, 0.6) is 0 Å². The SMILES string of the molecule is CC1CC1CN(C)Cc1ccc2c(c1)CNCC2. The minimum Gasteiger partial charge on any atom is -0.312 e. The van der Waals surface area contributed by atoms with E-state index in [4.69, 9.17) is 0 Å². The van der Waals surface area contributed by atoms with Crippen LogP contribution in [-0.2, 0) is 19.5 Å². The van der Waals surface area contributed by atoms with E-state index in [0.29, 0.717) is 0 Å².